The van der Waals surface area contributed by atoms with E-state index in [-0.39, 0.29) is 17.7 Å². The molecule has 3 heteroatoms. The molecule has 0 aromatic rings. The van der Waals surface area contributed by atoms with Crippen LogP contribution in [-0.2, 0) is 9.59 Å². The average Bonchev–Trinajstić information content (AvgIpc) is 2.30. The van der Waals surface area contributed by atoms with E-state index in [2.05, 4.69) is 33.0 Å². The van der Waals surface area contributed by atoms with Crippen LogP contribution >= 0.6 is 0 Å². The van der Waals surface area contributed by atoms with Crippen LogP contribution in [0.5, 0.6) is 0 Å². The van der Waals surface area contributed by atoms with Gasteiger partial charge in [0.05, 0.1) is 0 Å². The Bertz CT molecular complexity index is 282. The second-order valence-electron chi connectivity index (χ2n) is 6.62. The third kappa shape index (κ3) is 8.79. The molecule has 0 fully saturated rings. The SMILES string of the molecule is CC(C)CNC(=O)CC[C@H](CC(C)C)C(=O)C(C)C. The number of carbonyl (C=O) groups is 2. The molecular formula is C16H31NO2. The van der Waals surface area contributed by atoms with E-state index in [1.165, 1.54) is 0 Å². The lowest BCUT2D eigenvalue weighted by atomic mass is 9.85. The fourth-order valence-corrected chi connectivity index (χ4v) is 2.13. The number of amides is 1. The molecular weight excluding hydrogens is 238 g/mol. The van der Waals surface area contributed by atoms with Crippen molar-refractivity contribution in [1.29, 1.82) is 0 Å². The van der Waals surface area contributed by atoms with Crippen molar-refractivity contribution in [3.05, 3.63) is 0 Å². The van der Waals surface area contributed by atoms with E-state index in [0.717, 1.165) is 6.42 Å². The van der Waals surface area contributed by atoms with Crippen molar-refractivity contribution in [2.75, 3.05) is 6.54 Å². The Hall–Kier alpha value is -0.860. The summed E-state index contributed by atoms with van der Waals surface area (Å²) in [5.41, 5.74) is 0. The standard InChI is InChI=1S/C16H31NO2/c1-11(2)9-14(16(19)13(5)6)7-8-15(18)17-10-12(3)4/h11-14H,7-10H2,1-6H3,(H,17,18)/t14-/m1/s1. The first-order valence-electron chi connectivity index (χ1n) is 7.54. The number of hydrogen-bond acceptors (Lipinski definition) is 2. The predicted molar refractivity (Wildman–Crippen MR) is 79.9 cm³/mol. The number of Topliss-reactive ketones (excluding diaryl/α,β-unsaturated/α-hetero) is 1. The zero-order valence-corrected chi connectivity index (χ0v) is 13.5. The van der Waals surface area contributed by atoms with Crippen LogP contribution in [0.4, 0.5) is 0 Å². The molecule has 1 amide bonds. The van der Waals surface area contributed by atoms with Gasteiger partial charge in [0.15, 0.2) is 0 Å². The van der Waals surface area contributed by atoms with E-state index in [1.807, 2.05) is 13.8 Å². The van der Waals surface area contributed by atoms with Crippen LogP contribution in [0.3, 0.4) is 0 Å². The first kappa shape index (κ1) is 18.1. The minimum atomic E-state index is 0.0322. The molecule has 0 aromatic heterocycles. The summed E-state index contributed by atoms with van der Waals surface area (Å²) < 4.78 is 0. The van der Waals surface area contributed by atoms with E-state index in [1.54, 1.807) is 0 Å². The first-order valence-corrected chi connectivity index (χ1v) is 7.54. The second kappa shape index (κ2) is 9.11. The molecule has 0 radical (unpaired) electrons. The van der Waals surface area contributed by atoms with Gasteiger partial charge in [0.1, 0.15) is 5.78 Å². The number of nitrogens with one attached hydrogen (secondary N) is 1. The molecule has 0 saturated heterocycles. The lowest BCUT2D eigenvalue weighted by Crippen LogP contribution is -2.29. The molecule has 0 aliphatic rings. The Labute approximate surface area is 118 Å². The maximum absolute atomic E-state index is 12.1. The third-order valence-electron chi connectivity index (χ3n) is 3.15. The van der Waals surface area contributed by atoms with Crippen LogP contribution in [0, 0.1) is 23.7 Å². The van der Waals surface area contributed by atoms with Crippen LogP contribution in [0.25, 0.3) is 0 Å². The van der Waals surface area contributed by atoms with Crippen molar-refractivity contribution in [2.45, 2.75) is 60.8 Å². The van der Waals surface area contributed by atoms with Gasteiger partial charge in [-0.25, -0.2) is 0 Å². The highest BCUT2D eigenvalue weighted by atomic mass is 16.1. The maximum atomic E-state index is 12.1. The monoisotopic (exact) mass is 269 g/mol. The van der Waals surface area contributed by atoms with Gasteiger partial charge >= 0.3 is 0 Å². The van der Waals surface area contributed by atoms with E-state index in [0.29, 0.717) is 37.0 Å². The summed E-state index contributed by atoms with van der Waals surface area (Å²) in [6, 6.07) is 0. The molecule has 3 nitrogen and oxygen atoms in total. The fourth-order valence-electron chi connectivity index (χ4n) is 2.13. The van der Waals surface area contributed by atoms with Gasteiger partial charge in [-0.05, 0) is 24.7 Å². The van der Waals surface area contributed by atoms with Gasteiger partial charge in [0, 0.05) is 24.8 Å². The smallest absolute Gasteiger partial charge is 0.220 e. The molecule has 0 aliphatic heterocycles. The zero-order valence-electron chi connectivity index (χ0n) is 13.5. The minimum absolute atomic E-state index is 0.0322. The highest BCUT2D eigenvalue weighted by Crippen LogP contribution is 2.21. The van der Waals surface area contributed by atoms with Crippen molar-refractivity contribution in [3.8, 4) is 0 Å². The topological polar surface area (TPSA) is 46.2 Å². The van der Waals surface area contributed by atoms with Gasteiger partial charge in [0.25, 0.3) is 0 Å². The van der Waals surface area contributed by atoms with Crippen LogP contribution in [-0.4, -0.2) is 18.2 Å². The van der Waals surface area contributed by atoms with E-state index >= 15 is 0 Å². The number of carbonyl (C=O) groups excluding carboxylic acids is 2. The lowest BCUT2D eigenvalue weighted by molar-refractivity contribution is -0.127. The molecule has 19 heavy (non-hydrogen) atoms. The van der Waals surface area contributed by atoms with Crippen molar-refractivity contribution >= 4 is 11.7 Å². The van der Waals surface area contributed by atoms with Crippen molar-refractivity contribution < 1.29 is 9.59 Å². The highest BCUT2D eigenvalue weighted by molar-refractivity contribution is 5.83. The molecule has 0 aliphatic carbocycles. The molecule has 0 heterocycles. The number of ketones is 1. The van der Waals surface area contributed by atoms with Gasteiger partial charge < -0.3 is 5.32 Å². The summed E-state index contributed by atoms with van der Waals surface area (Å²) in [6.45, 7) is 13.0. The molecule has 0 bridgehead atoms. The van der Waals surface area contributed by atoms with E-state index in [9.17, 15) is 9.59 Å². The van der Waals surface area contributed by atoms with Gasteiger partial charge in [-0.3, -0.25) is 9.59 Å². The molecule has 0 unspecified atom stereocenters. The summed E-state index contributed by atoms with van der Waals surface area (Å²) in [5, 5.41) is 2.91. The van der Waals surface area contributed by atoms with E-state index in [4.69, 9.17) is 0 Å². The normalized spacial score (nSPS) is 13.1. The molecule has 1 atom stereocenters. The highest BCUT2D eigenvalue weighted by Gasteiger charge is 2.22. The molecule has 0 spiro atoms. The summed E-state index contributed by atoms with van der Waals surface area (Å²) in [7, 11) is 0. The van der Waals surface area contributed by atoms with Crippen LogP contribution in [0.1, 0.15) is 60.8 Å². The van der Waals surface area contributed by atoms with Crippen LogP contribution < -0.4 is 5.32 Å². The summed E-state index contributed by atoms with van der Waals surface area (Å²) >= 11 is 0. The maximum Gasteiger partial charge on any atom is 0.220 e. The Kier molecular flexibility index (Phi) is 8.70. The van der Waals surface area contributed by atoms with Crippen LogP contribution in [0.2, 0.25) is 0 Å². The number of hydrogen-bond donors (Lipinski definition) is 1. The fraction of sp³-hybridized carbons (Fsp3) is 0.875. The van der Waals surface area contributed by atoms with Crippen LogP contribution in [0.15, 0.2) is 0 Å². The lowest BCUT2D eigenvalue weighted by Gasteiger charge is -2.19. The zero-order chi connectivity index (χ0) is 15.0. The van der Waals surface area contributed by atoms with E-state index < -0.39 is 0 Å². The third-order valence-corrected chi connectivity index (χ3v) is 3.15. The average molecular weight is 269 g/mol. The first-order chi connectivity index (χ1) is 8.73. The Balaban J connectivity index is 4.26. The number of rotatable bonds is 9. The Morgan fingerprint density at radius 3 is 1.95 bits per heavy atom. The van der Waals surface area contributed by atoms with Gasteiger partial charge in [-0.15, -0.1) is 0 Å². The van der Waals surface area contributed by atoms with Crippen molar-refractivity contribution in [3.63, 3.8) is 0 Å². The molecule has 0 aromatic carbocycles. The quantitative estimate of drug-likeness (QED) is 0.697. The largest absolute Gasteiger partial charge is 0.356 e. The second-order valence-corrected chi connectivity index (χ2v) is 6.62. The van der Waals surface area contributed by atoms with Gasteiger partial charge in [0.2, 0.25) is 5.91 Å². The Morgan fingerprint density at radius 2 is 1.53 bits per heavy atom. The molecule has 1 N–H and O–H groups in total. The molecule has 0 saturated carbocycles. The Morgan fingerprint density at radius 1 is 0.947 bits per heavy atom. The summed E-state index contributed by atoms with van der Waals surface area (Å²) in [5.74, 6) is 1.41. The molecule has 112 valence electrons. The van der Waals surface area contributed by atoms with Crippen molar-refractivity contribution in [1.82, 2.24) is 5.32 Å². The summed E-state index contributed by atoms with van der Waals surface area (Å²) in [6.07, 6.45) is 2.02. The minimum Gasteiger partial charge on any atom is -0.356 e. The van der Waals surface area contributed by atoms with Crippen molar-refractivity contribution in [2.24, 2.45) is 23.7 Å². The predicted octanol–water partition coefficient (Wildman–Crippen LogP) is 3.43. The summed E-state index contributed by atoms with van der Waals surface area (Å²) in [4.78, 5) is 23.8. The van der Waals surface area contributed by atoms with Gasteiger partial charge in [-0.1, -0.05) is 41.5 Å². The molecule has 0 rings (SSSR count). The van der Waals surface area contributed by atoms with Gasteiger partial charge in [-0.2, -0.15) is 0 Å².